The van der Waals surface area contributed by atoms with Gasteiger partial charge in [0.1, 0.15) is 11.8 Å². The molecule has 0 aliphatic carbocycles. The molecule has 0 saturated carbocycles. The van der Waals surface area contributed by atoms with Crippen LogP contribution in [0.3, 0.4) is 0 Å². The number of hydrogen-bond donors (Lipinski definition) is 1. The first kappa shape index (κ1) is 13.9. The maximum atomic E-state index is 9.16. The summed E-state index contributed by atoms with van der Waals surface area (Å²) in [5, 5.41) is 13.1. The molecule has 6 heteroatoms. The molecule has 2 aromatic carbocycles. The molecule has 0 unspecified atom stereocenters. The summed E-state index contributed by atoms with van der Waals surface area (Å²) in [6.07, 6.45) is 0. The van der Waals surface area contributed by atoms with Gasteiger partial charge < -0.3 is 10.1 Å². The molecule has 0 aliphatic heterocycles. The fourth-order valence-corrected chi connectivity index (χ4v) is 3.19. The van der Waals surface area contributed by atoms with Gasteiger partial charge in [-0.3, -0.25) is 0 Å². The van der Waals surface area contributed by atoms with E-state index in [0.29, 0.717) is 5.56 Å². The summed E-state index contributed by atoms with van der Waals surface area (Å²) in [6.45, 7) is 0. The molecular weight excluding hydrogens is 350 g/mol. The van der Waals surface area contributed by atoms with Crippen LogP contribution < -0.4 is 10.1 Å². The third-order valence-corrected chi connectivity index (χ3v) is 4.37. The topological polar surface area (TPSA) is 57.9 Å². The Morgan fingerprint density at radius 2 is 2.14 bits per heavy atom. The molecule has 1 aromatic heterocycles. The van der Waals surface area contributed by atoms with Crippen LogP contribution in [0, 0.1) is 11.3 Å². The molecule has 1 N–H and O–H groups in total. The Hall–Kier alpha value is -2.10. The molecule has 0 aliphatic rings. The maximum Gasteiger partial charge on any atom is 0.188 e. The number of nitriles is 1. The zero-order valence-corrected chi connectivity index (χ0v) is 13.5. The number of thiazole rings is 1. The van der Waals surface area contributed by atoms with E-state index in [0.717, 1.165) is 31.3 Å². The summed E-state index contributed by atoms with van der Waals surface area (Å²) in [5.74, 6) is 0.804. The number of halogens is 1. The van der Waals surface area contributed by atoms with Gasteiger partial charge in [0.25, 0.3) is 0 Å². The van der Waals surface area contributed by atoms with Crippen LogP contribution in [0.2, 0.25) is 0 Å². The fraction of sp³-hybridized carbons (Fsp3) is 0.0667. The molecule has 0 bridgehead atoms. The number of fused-ring (bicyclic) bond motifs is 1. The Morgan fingerprint density at radius 3 is 2.90 bits per heavy atom. The molecular formula is C15H10BrN3OS. The van der Waals surface area contributed by atoms with Crippen molar-refractivity contribution in [2.75, 3.05) is 12.4 Å². The van der Waals surface area contributed by atoms with Gasteiger partial charge in [-0.25, -0.2) is 4.98 Å². The number of nitrogens with one attached hydrogen (secondary N) is 1. The highest BCUT2D eigenvalue weighted by molar-refractivity contribution is 9.10. The molecule has 0 saturated heterocycles. The molecule has 0 fully saturated rings. The van der Waals surface area contributed by atoms with E-state index in [9.17, 15) is 0 Å². The lowest BCUT2D eigenvalue weighted by Gasteiger charge is -2.05. The zero-order chi connectivity index (χ0) is 14.8. The number of nitrogens with zero attached hydrogens (tertiary/aromatic N) is 2. The van der Waals surface area contributed by atoms with Gasteiger partial charge in [-0.05, 0) is 36.4 Å². The van der Waals surface area contributed by atoms with Crippen molar-refractivity contribution in [3.05, 3.63) is 46.4 Å². The van der Waals surface area contributed by atoms with Crippen LogP contribution in [-0.4, -0.2) is 12.1 Å². The van der Waals surface area contributed by atoms with E-state index in [2.05, 4.69) is 32.3 Å². The predicted octanol–water partition coefficient (Wildman–Crippen LogP) is 4.68. The van der Waals surface area contributed by atoms with Crippen LogP contribution >= 0.6 is 27.3 Å². The van der Waals surface area contributed by atoms with Gasteiger partial charge in [0.15, 0.2) is 5.13 Å². The lowest BCUT2D eigenvalue weighted by atomic mass is 10.2. The average molecular weight is 360 g/mol. The second-order valence-corrected chi connectivity index (χ2v) is 6.23. The van der Waals surface area contributed by atoms with Gasteiger partial charge in [-0.15, -0.1) is 0 Å². The van der Waals surface area contributed by atoms with Crippen molar-refractivity contribution in [2.24, 2.45) is 0 Å². The Balaban J connectivity index is 1.98. The van der Waals surface area contributed by atoms with Gasteiger partial charge in [0.2, 0.25) is 0 Å². The first-order valence-electron chi connectivity index (χ1n) is 6.11. The van der Waals surface area contributed by atoms with E-state index in [1.807, 2.05) is 30.3 Å². The minimum absolute atomic E-state index is 0.579. The third kappa shape index (κ3) is 2.84. The highest BCUT2D eigenvalue weighted by Gasteiger charge is 2.08. The normalized spacial score (nSPS) is 10.3. The fourth-order valence-electron chi connectivity index (χ4n) is 1.92. The van der Waals surface area contributed by atoms with E-state index in [4.69, 9.17) is 10.00 Å². The molecule has 0 spiro atoms. The number of aromatic nitrogens is 1. The summed E-state index contributed by atoms with van der Waals surface area (Å²) in [4.78, 5) is 4.52. The van der Waals surface area contributed by atoms with E-state index < -0.39 is 0 Å². The Morgan fingerprint density at radius 1 is 1.29 bits per heavy atom. The SMILES string of the molecule is COc1ccc2nc(Nc3cc(Br)ccc3C#N)sc2c1. The molecule has 21 heavy (non-hydrogen) atoms. The molecule has 1 heterocycles. The summed E-state index contributed by atoms with van der Waals surface area (Å²) < 4.78 is 7.15. The van der Waals surface area contributed by atoms with E-state index >= 15 is 0 Å². The molecule has 4 nitrogen and oxygen atoms in total. The monoisotopic (exact) mass is 359 g/mol. The number of rotatable bonds is 3. The third-order valence-electron chi connectivity index (χ3n) is 2.94. The van der Waals surface area contributed by atoms with Gasteiger partial charge in [-0.2, -0.15) is 5.26 Å². The minimum Gasteiger partial charge on any atom is -0.497 e. The lowest BCUT2D eigenvalue weighted by molar-refractivity contribution is 0.415. The number of hydrogen-bond acceptors (Lipinski definition) is 5. The second kappa shape index (κ2) is 5.72. The van der Waals surface area contributed by atoms with Gasteiger partial charge in [0, 0.05) is 4.47 Å². The molecule has 104 valence electrons. The molecule has 3 aromatic rings. The van der Waals surface area contributed by atoms with Crippen LogP contribution in [0.15, 0.2) is 40.9 Å². The summed E-state index contributed by atoms with van der Waals surface area (Å²) in [7, 11) is 1.64. The lowest BCUT2D eigenvalue weighted by Crippen LogP contribution is -1.92. The van der Waals surface area contributed by atoms with Crippen LogP contribution in [0.1, 0.15) is 5.56 Å². The summed E-state index contributed by atoms with van der Waals surface area (Å²) >= 11 is 4.93. The van der Waals surface area contributed by atoms with E-state index in [-0.39, 0.29) is 0 Å². The van der Waals surface area contributed by atoms with Crippen molar-refractivity contribution in [3.63, 3.8) is 0 Å². The van der Waals surface area contributed by atoms with Gasteiger partial charge in [0.05, 0.1) is 28.6 Å². The molecule has 3 rings (SSSR count). The largest absolute Gasteiger partial charge is 0.497 e. The van der Waals surface area contributed by atoms with Crippen LogP contribution in [-0.2, 0) is 0 Å². The summed E-state index contributed by atoms with van der Waals surface area (Å²) in [6, 6.07) is 13.4. The maximum absolute atomic E-state index is 9.16. The smallest absolute Gasteiger partial charge is 0.188 e. The van der Waals surface area contributed by atoms with Crippen LogP contribution in [0.25, 0.3) is 10.2 Å². The number of ether oxygens (including phenoxy) is 1. The van der Waals surface area contributed by atoms with Crippen molar-refractivity contribution in [1.82, 2.24) is 4.98 Å². The first-order valence-corrected chi connectivity index (χ1v) is 7.72. The first-order chi connectivity index (χ1) is 10.2. The Labute approximate surface area is 134 Å². The molecule has 0 amide bonds. The molecule has 0 atom stereocenters. The minimum atomic E-state index is 0.579. The highest BCUT2D eigenvalue weighted by Crippen LogP contribution is 2.32. The Bertz CT molecular complexity index is 854. The standard InChI is InChI=1S/C15H10BrN3OS/c1-20-11-4-5-12-14(7-11)21-15(18-12)19-13-6-10(16)3-2-9(13)8-17/h2-7H,1H3,(H,18,19). The average Bonchev–Trinajstić information content (AvgIpc) is 2.88. The van der Waals surface area contributed by atoms with Gasteiger partial charge >= 0.3 is 0 Å². The van der Waals surface area contributed by atoms with Gasteiger partial charge in [-0.1, -0.05) is 27.3 Å². The van der Waals surface area contributed by atoms with Crippen molar-refractivity contribution >= 4 is 48.3 Å². The van der Waals surface area contributed by atoms with Crippen LogP contribution in [0.4, 0.5) is 10.8 Å². The summed E-state index contributed by atoms with van der Waals surface area (Å²) in [5.41, 5.74) is 2.21. The van der Waals surface area contributed by atoms with E-state index in [1.54, 1.807) is 13.2 Å². The Kier molecular flexibility index (Phi) is 3.78. The number of benzene rings is 2. The van der Waals surface area contributed by atoms with E-state index in [1.165, 1.54) is 11.3 Å². The second-order valence-electron chi connectivity index (χ2n) is 4.28. The predicted molar refractivity (Wildman–Crippen MR) is 88.3 cm³/mol. The zero-order valence-electron chi connectivity index (χ0n) is 11.1. The van der Waals surface area contributed by atoms with Crippen molar-refractivity contribution in [3.8, 4) is 11.8 Å². The quantitative estimate of drug-likeness (QED) is 0.737. The van der Waals surface area contributed by atoms with Crippen molar-refractivity contribution < 1.29 is 4.74 Å². The van der Waals surface area contributed by atoms with Crippen molar-refractivity contribution in [1.29, 1.82) is 5.26 Å². The number of anilines is 2. The molecule has 0 radical (unpaired) electrons. The van der Waals surface area contributed by atoms with Crippen LogP contribution in [0.5, 0.6) is 5.75 Å². The highest BCUT2D eigenvalue weighted by atomic mass is 79.9. The van der Waals surface area contributed by atoms with Crippen molar-refractivity contribution in [2.45, 2.75) is 0 Å². The number of methoxy groups -OCH3 is 1.